The Kier molecular flexibility index (Phi) is 9.55. The molecule has 1 saturated heterocycles. The molecule has 4 heteroatoms. The van der Waals surface area contributed by atoms with Gasteiger partial charge in [-0.15, -0.1) is 24.8 Å². The van der Waals surface area contributed by atoms with E-state index in [0.717, 1.165) is 19.0 Å². The Morgan fingerprint density at radius 1 is 1.05 bits per heavy atom. The van der Waals surface area contributed by atoms with Gasteiger partial charge in [0.05, 0.1) is 0 Å². The number of nitrogens with one attached hydrogen (secondary N) is 1. The third-order valence-electron chi connectivity index (χ3n) is 4.20. The van der Waals surface area contributed by atoms with Crippen molar-refractivity contribution in [2.24, 2.45) is 5.92 Å². The summed E-state index contributed by atoms with van der Waals surface area (Å²) in [6.45, 7) is 13.7. The first-order valence-corrected chi connectivity index (χ1v) is 7.60. The standard InChI is InChI=1S/C17H28N2.2ClH/c1-13(2)11-17(19-9-7-18-8-10-19)16-6-5-14(3)15(4)12-16;;/h5-6,12-13,17-18H,7-11H2,1-4H3;2*1H/t17-;;/m1../s1. The molecule has 2 rings (SSSR count). The normalized spacial score (nSPS) is 17.0. The Labute approximate surface area is 142 Å². The van der Waals surface area contributed by atoms with Crippen LogP contribution in [0.15, 0.2) is 18.2 Å². The number of benzene rings is 1. The molecule has 1 aliphatic rings. The van der Waals surface area contributed by atoms with Crippen LogP contribution in [0, 0.1) is 19.8 Å². The molecule has 0 unspecified atom stereocenters. The van der Waals surface area contributed by atoms with Crippen molar-refractivity contribution in [3.05, 3.63) is 34.9 Å². The molecule has 2 nitrogen and oxygen atoms in total. The predicted octanol–water partition coefficient (Wildman–Crippen LogP) is 4.14. The van der Waals surface area contributed by atoms with E-state index in [1.54, 1.807) is 0 Å². The van der Waals surface area contributed by atoms with E-state index in [-0.39, 0.29) is 24.8 Å². The maximum absolute atomic E-state index is 3.45. The third kappa shape index (κ3) is 5.78. The lowest BCUT2D eigenvalue weighted by Crippen LogP contribution is -2.45. The summed E-state index contributed by atoms with van der Waals surface area (Å²) in [7, 11) is 0. The van der Waals surface area contributed by atoms with Gasteiger partial charge in [0.2, 0.25) is 0 Å². The number of piperazine rings is 1. The van der Waals surface area contributed by atoms with E-state index in [2.05, 4.69) is 56.1 Å². The minimum Gasteiger partial charge on any atom is -0.314 e. The van der Waals surface area contributed by atoms with Crippen LogP contribution in [-0.4, -0.2) is 31.1 Å². The summed E-state index contributed by atoms with van der Waals surface area (Å²) in [5.74, 6) is 0.737. The molecule has 21 heavy (non-hydrogen) atoms. The molecule has 1 atom stereocenters. The van der Waals surface area contributed by atoms with Crippen LogP contribution in [0.3, 0.4) is 0 Å². The zero-order chi connectivity index (χ0) is 13.8. The lowest BCUT2D eigenvalue weighted by Gasteiger charge is -2.36. The molecule has 1 aromatic rings. The molecule has 0 radical (unpaired) electrons. The second kappa shape index (κ2) is 9.68. The number of rotatable bonds is 4. The number of hydrogen-bond acceptors (Lipinski definition) is 2. The fraction of sp³-hybridized carbons (Fsp3) is 0.647. The van der Waals surface area contributed by atoms with Crippen molar-refractivity contribution in [2.45, 2.75) is 40.2 Å². The molecule has 0 bridgehead atoms. The van der Waals surface area contributed by atoms with E-state index in [9.17, 15) is 0 Å². The first kappa shape index (κ1) is 20.7. The maximum atomic E-state index is 3.45. The summed E-state index contributed by atoms with van der Waals surface area (Å²) >= 11 is 0. The predicted molar refractivity (Wildman–Crippen MR) is 97.1 cm³/mol. The summed E-state index contributed by atoms with van der Waals surface area (Å²) in [5, 5.41) is 3.45. The lowest BCUT2D eigenvalue weighted by molar-refractivity contribution is 0.154. The maximum Gasteiger partial charge on any atom is 0.0351 e. The Morgan fingerprint density at radius 3 is 2.19 bits per heavy atom. The molecular formula is C17H30Cl2N2. The SMILES string of the molecule is Cc1ccc([C@@H](CC(C)C)N2CCNCC2)cc1C.Cl.Cl. The monoisotopic (exact) mass is 332 g/mol. The average Bonchev–Trinajstić information content (AvgIpc) is 2.40. The topological polar surface area (TPSA) is 15.3 Å². The van der Waals surface area contributed by atoms with Gasteiger partial charge in [-0.25, -0.2) is 0 Å². The molecule has 0 aliphatic carbocycles. The van der Waals surface area contributed by atoms with Gasteiger partial charge in [-0.3, -0.25) is 4.90 Å². The molecule has 122 valence electrons. The lowest BCUT2D eigenvalue weighted by atomic mass is 9.93. The van der Waals surface area contributed by atoms with Crippen LogP contribution in [-0.2, 0) is 0 Å². The van der Waals surface area contributed by atoms with E-state index in [4.69, 9.17) is 0 Å². The van der Waals surface area contributed by atoms with Crippen LogP contribution in [0.25, 0.3) is 0 Å². The van der Waals surface area contributed by atoms with Crippen LogP contribution in [0.5, 0.6) is 0 Å². The second-order valence-electron chi connectivity index (χ2n) is 6.28. The highest BCUT2D eigenvalue weighted by Gasteiger charge is 2.23. The van der Waals surface area contributed by atoms with Crippen molar-refractivity contribution in [3.8, 4) is 0 Å². The Bertz CT molecular complexity index is 415. The molecular weight excluding hydrogens is 303 g/mol. The van der Waals surface area contributed by atoms with E-state index in [1.165, 1.54) is 36.2 Å². The highest BCUT2D eigenvalue weighted by atomic mass is 35.5. The van der Waals surface area contributed by atoms with Gasteiger partial charge in [0, 0.05) is 32.2 Å². The van der Waals surface area contributed by atoms with Gasteiger partial charge in [0.1, 0.15) is 0 Å². The van der Waals surface area contributed by atoms with Crippen molar-refractivity contribution in [1.29, 1.82) is 0 Å². The van der Waals surface area contributed by atoms with Gasteiger partial charge >= 0.3 is 0 Å². The fourth-order valence-electron chi connectivity index (χ4n) is 2.91. The summed E-state index contributed by atoms with van der Waals surface area (Å²) in [6, 6.07) is 7.59. The largest absolute Gasteiger partial charge is 0.314 e. The van der Waals surface area contributed by atoms with Crippen LogP contribution in [0.1, 0.15) is 43.0 Å². The molecule has 1 aromatic carbocycles. The van der Waals surface area contributed by atoms with Crippen molar-refractivity contribution in [3.63, 3.8) is 0 Å². The summed E-state index contributed by atoms with van der Waals surface area (Å²) < 4.78 is 0. The van der Waals surface area contributed by atoms with Crippen molar-refractivity contribution >= 4 is 24.8 Å². The van der Waals surface area contributed by atoms with Crippen molar-refractivity contribution < 1.29 is 0 Å². The Balaban J connectivity index is 0.00000200. The summed E-state index contributed by atoms with van der Waals surface area (Å²) in [5.41, 5.74) is 4.31. The minimum absolute atomic E-state index is 0. The molecule has 1 fully saturated rings. The van der Waals surface area contributed by atoms with Crippen molar-refractivity contribution in [1.82, 2.24) is 10.2 Å². The average molecular weight is 333 g/mol. The van der Waals surface area contributed by atoms with E-state index in [1.807, 2.05) is 0 Å². The summed E-state index contributed by atoms with van der Waals surface area (Å²) in [6.07, 6.45) is 1.25. The second-order valence-corrected chi connectivity index (χ2v) is 6.28. The van der Waals surface area contributed by atoms with Crippen LogP contribution < -0.4 is 5.32 Å². The number of aryl methyl sites for hydroxylation is 2. The van der Waals surface area contributed by atoms with E-state index < -0.39 is 0 Å². The zero-order valence-corrected chi connectivity index (χ0v) is 15.3. The smallest absolute Gasteiger partial charge is 0.0351 e. The third-order valence-corrected chi connectivity index (χ3v) is 4.20. The Hall–Kier alpha value is -0.280. The van der Waals surface area contributed by atoms with Crippen LogP contribution in [0.4, 0.5) is 0 Å². The number of hydrogen-bond donors (Lipinski definition) is 1. The molecule has 1 heterocycles. The number of nitrogens with zero attached hydrogens (tertiary/aromatic N) is 1. The molecule has 1 N–H and O–H groups in total. The van der Waals surface area contributed by atoms with E-state index >= 15 is 0 Å². The van der Waals surface area contributed by atoms with Gasteiger partial charge in [-0.1, -0.05) is 32.0 Å². The van der Waals surface area contributed by atoms with Gasteiger partial charge in [-0.2, -0.15) is 0 Å². The molecule has 0 saturated carbocycles. The fourth-order valence-corrected chi connectivity index (χ4v) is 2.91. The van der Waals surface area contributed by atoms with Gasteiger partial charge in [-0.05, 0) is 42.9 Å². The van der Waals surface area contributed by atoms with Gasteiger partial charge in [0.15, 0.2) is 0 Å². The van der Waals surface area contributed by atoms with Gasteiger partial charge < -0.3 is 5.32 Å². The molecule has 0 amide bonds. The minimum atomic E-state index is 0. The van der Waals surface area contributed by atoms with Crippen molar-refractivity contribution in [2.75, 3.05) is 26.2 Å². The summed E-state index contributed by atoms with van der Waals surface area (Å²) in [4.78, 5) is 2.65. The first-order chi connectivity index (χ1) is 9.08. The molecule has 1 aliphatic heterocycles. The van der Waals surface area contributed by atoms with Crippen LogP contribution >= 0.6 is 24.8 Å². The van der Waals surface area contributed by atoms with E-state index in [0.29, 0.717) is 6.04 Å². The van der Waals surface area contributed by atoms with Gasteiger partial charge in [0.25, 0.3) is 0 Å². The molecule has 0 aromatic heterocycles. The quantitative estimate of drug-likeness (QED) is 0.891. The first-order valence-electron chi connectivity index (χ1n) is 7.60. The zero-order valence-electron chi connectivity index (χ0n) is 13.7. The molecule has 0 spiro atoms. The highest BCUT2D eigenvalue weighted by molar-refractivity contribution is 5.85. The highest BCUT2D eigenvalue weighted by Crippen LogP contribution is 2.29. The number of halogens is 2. The van der Waals surface area contributed by atoms with Crippen LogP contribution in [0.2, 0.25) is 0 Å². The Morgan fingerprint density at radius 2 is 1.67 bits per heavy atom.